The maximum absolute atomic E-state index is 12.3. The van der Waals surface area contributed by atoms with E-state index in [0.29, 0.717) is 17.7 Å². The number of hydrogen-bond donors (Lipinski definition) is 2. The summed E-state index contributed by atoms with van der Waals surface area (Å²) in [6.07, 6.45) is 2.78. The maximum Gasteiger partial charge on any atom is 0.262 e. The molecule has 1 aliphatic rings. The van der Waals surface area contributed by atoms with Gasteiger partial charge in [0.05, 0.1) is 11.1 Å². The second kappa shape index (κ2) is 7.37. The number of benzene rings is 1. The number of nitrogens with two attached hydrogens (primary N) is 1. The molecule has 3 N–H and O–H groups in total. The summed E-state index contributed by atoms with van der Waals surface area (Å²) in [4.78, 5) is 37.7. The largest absolute Gasteiger partial charge is 0.351 e. The van der Waals surface area contributed by atoms with Gasteiger partial charge in [-0.25, -0.2) is 0 Å². The standard InChI is InChI=1S/C17H23N3O3/c1-3-4-5-12(9-18)19-15(21)10-20-16(22)13-7-6-11(2)8-14(13)17(20)23/h6-8,12H,3-5,9-10,18H2,1-2H3,(H,19,21). The minimum atomic E-state index is -0.419. The summed E-state index contributed by atoms with van der Waals surface area (Å²) in [5.74, 6) is -1.19. The predicted molar refractivity (Wildman–Crippen MR) is 87.1 cm³/mol. The first kappa shape index (κ1) is 17.1. The number of hydrogen-bond acceptors (Lipinski definition) is 4. The highest BCUT2D eigenvalue weighted by Crippen LogP contribution is 2.23. The highest BCUT2D eigenvalue weighted by atomic mass is 16.2. The van der Waals surface area contributed by atoms with Crippen molar-refractivity contribution >= 4 is 17.7 Å². The van der Waals surface area contributed by atoms with Crippen LogP contribution in [0.5, 0.6) is 0 Å². The normalized spacial score (nSPS) is 14.8. The molecule has 0 saturated heterocycles. The van der Waals surface area contributed by atoms with Gasteiger partial charge in [-0.3, -0.25) is 19.3 Å². The van der Waals surface area contributed by atoms with Crippen LogP contribution < -0.4 is 11.1 Å². The van der Waals surface area contributed by atoms with Gasteiger partial charge in [0.25, 0.3) is 11.8 Å². The first-order valence-electron chi connectivity index (χ1n) is 7.94. The van der Waals surface area contributed by atoms with Gasteiger partial charge in [-0.15, -0.1) is 0 Å². The molecule has 0 aromatic heterocycles. The van der Waals surface area contributed by atoms with E-state index >= 15 is 0 Å². The molecule has 0 aliphatic carbocycles. The molecule has 0 saturated carbocycles. The third-order valence-electron chi connectivity index (χ3n) is 3.98. The Labute approximate surface area is 136 Å². The van der Waals surface area contributed by atoms with E-state index in [2.05, 4.69) is 12.2 Å². The van der Waals surface area contributed by atoms with E-state index in [1.54, 1.807) is 18.2 Å². The monoisotopic (exact) mass is 317 g/mol. The van der Waals surface area contributed by atoms with E-state index in [4.69, 9.17) is 5.73 Å². The number of nitrogens with zero attached hydrogens (tertiary/aromatic N) is 1. The van der Waals surface area contributed by atoms with Gasteiger partial charge in [0.2, 0.25) is 5.91 Å². The number of rotatable bonds is 7. The minimum Gasteiger partial charge on any atom is -0.351 e. The third kappa shape index (κ3) is 3.76. The van der Waals surface area contributed by atoms with E-state index in [-0.39, 0.29) is 18.5 Å². The number of fused-ring (bicyclic) bond motifs is 1. The predicted octanol–water partition coefficient (Wildman–Crippen LogP) is 1.22. The van der Waals surface area contributed by atoms with Crippen molar-refractivity contribution in [2.24, 2.45) is 5.73 Å². The Morgan fingerprint density at radius 1 is 1.26 bits per heavy atom. The van der Waals surface area contributed by atoms with Crippen LogP contribution in [0.3, 0.4) is 0 Å². The lowest BCUT2D eigenvalue weighted by molar-refractivity contribution is -0.122. The molecule has 1 aromatic carbocycles. The van der Waals surface area contributed by atoms with Crippen molar-refractivity contribution in [3.63, 3.8) is 0 Å². The Morgan fingerprint density at radius 2 is 1.96 bits per heavy atom. The minimum absolute atomic E-state index is 0.125. The molecule has 0 fully saturated rings. The maximum atomic E-state index is 12.3. The van der Waals surface area contributed by atoms with Crippen LogP contribution in [0.15, 0.2) is 18.2 Å². The fraction of sp³-hybridized carbons (Fsp3) is 0.471. The fourth-order valence-corrected chi connectivity index (χ4v) is 2.66. The van der Waals surface area contributed by atoms with Gasteiger partial charge in [-0.05, 0) is 25.5 Å². The first-order valence-corrected chi connectivity index (χ1v) is 7.94. The molecule has 124 valence electrons. The van der Waals surface area contributed by atoms with Crippen LogP contribution in [0.1, 0.15) is 52.5 Å². The summed E-state index contributed by atoms with van der Waals surface area (Å²) in [6.45, 7) is 3.99. The zero-order valence-electron chi connectivity index (χ0n) is 13.6. The van der Waals surface area contributed by atoms with E-state index in [1.807, 2.05) is 6.92 Å². The van der Waals surface area contributed by atoms with Crippen molar-refractivity contribution in [2.75, 3.05) is 13.1 Å². The van der Waals surface area contributed by atoms with Gasteiger partial charge in [-0.2, -0.15) is 0 Å². The van der Waals surface area contributed by atoms with Gasteiger partial charge in [0, 0.05) is 12.6 Å². The molecular formula is C17H23N3O3. The quantitative estimate of drug-likeness (QED) is 0.740. The van der Waals surface area contributed by atoms with Crippen molar-refractivity contribution < 1.29 is 14.4 Å². The summed E-state index contributed by atoms with van der Waals surface area (Å²) in [7, 11) is 0. The summed E-state index contributed by atoms with van der Waals surface area (Å²) < 4.78 is 0. The smallest absolute Gasteiger partial charge is 0.262 e. The molecular weight excluding hydrogens is 294 g/mol. The molecule has 1 heterocycles. The summed E-state index contributed by atoms with van der Waals surface area (Å²) in [6, 6.07) is 4.97. The molecule has 0 spiro atoms. The molecule has 3 amide bonds. The molecule has 1 aliphatic heterocycles. The zero-order valence-corrected chi connectivity index (χ0v) is 13.6. The van der Waals surface area contributed by atoms with E-state index < -0.39 is 11.8 Å². The Bertz CT molecular complexity index is 628. The Balaban J connectivity index is 2.02. The number of unbranched alkanes of at least 4 members (excludes halogenated alkanes) is 1. The summed E-state index contributed by atoms with van der Waals surface area (Å²) >= 11 is 0. The van der Waals surface area contributed by atoms with E-state index in [0.717, 1.165) is 29.7 Å². The average molecular weight is 317 g/mol. The SMILES string of the molecule is CCCCC(CN)NC(=O)CN1C(=O)c2ccc(C)cc2C1=O. The first-order chi connectivity index (χ1) is 11.0. The van der Waals surface area contributed by atoms with Crippen molar-refractivity contribution in [3.05, 3.63) is 34.9 Å². The van der Waals surface area contributed by atoms with Crippen LogP contribution in [-0.2, 0) is 4.79 Å². The zero-order chi connectivity index (χ0) is 17.0. The molecule has 1 atom stereocenters. The topological polar surface area (TPSA) is 92.5 Å². The number of aryl methyl sites for hydroxylation is 1. The molecule has 2 rings (SSSR count). The number of nitrogens with one attached hydrogen (secondary N) is 1. The van der Waals surface area contributed by atoms with Gasteiger partial charge in [-0.1, -0.05) is 31.4 Å². The number of imide groups is 1. The second-order valence-electron chi connectivity index (χ2n) is 5.89. The van der Waals surface area contributed by atoms with Crippen molar-refractivity contribution in [1.29, 1.82) is 0 Å². The lowest BCUT2D eigenvalue weighted by Crippen LogP contribution is -2.46. The Morgan fingerprint density at radius 3 is 2.61 bits per heavy atom. The van der Waals surface area contributed by atoms with Crippen LogP contribution in [0, 0.1) is 6.92 Å². The number of amides is 3. The van der Waals surface area contributed by atoms with Crippen LogP contribution in [0.2, 0.25) is 0 Å². The highest BCUT2D eigenvalue weighted by molar-refractivity contribution is 6.22. The van der Waals surface area contributed by atoms with Crippen LogP contribution in [0.25, 0.3) is 0 Å². The van der Waals surface area contributed by atoms with E-state index in [1.165, 1.54) is 0 Å². The van der Waals surface area contributed by atoms with Gasteiger partial charge in [0.1, 0.15) is 6.54 Å². The third-order valence-corrected chi connectivity index (χ3v) is 3.98. The lowest BCUT2D eigenvalue weighted by Gasteiger charge is -2.19. The molecule has 6 nitrogen and oxygen atoms in total. The van der Waals surface area contributed by atoms with Crippen molar-refractivity contribution in [3.8, 4) is 0 Å². The van der Waals surface area contributed by atoms with Crippen LogP contribution in [0.4, 0.5) is 0 Å². The molecule has 0 bridgehead atoms. The molecule has 23 heavy (non-hydrogen) atoms. The fourth-order valence-electron chi connectivity index (χ4n) is 2.66. The second-order valence-corrected chi connectivity index (χ2v) is 5.89. The van der Waals surface area contributed by atoms with Gasteiger partial charge in [0.15, 0.2) is 0 Å². The van der Waals surface area contributed by atoms with Gasteiger partial charge < -0.3 is 11.1 Å². The summed E-state index contributed by atoms with van der Waals surface area (Å²) in [5.41, 5.74) is 7.27. The molecule has 1 unspecified atom stereocenters. The highest BCUT2D eigenvalue weighted by Gasteiger charge is 2.36. The van der Waals surface area contributed by atoms with Crippen LogP contribution in [-0.4, -0.2) is 41.8 Å². The lowest BCUT2D eigenvalue weighted by atomic mass is 10.1. The van der Waals surface area contributed by atoms with Crippen molar-refractivity contribution in [2.45, 2.75) is 39.2 Å². The average Bonchev–Trinajstić information content (AvgIpc) is 2.76. The molecule has 0 radical (unpaired) electrons. The van der Waals surface area contributed by atoms with E-state index in [9.17, 15) is 14.4 Å². The van der Waals surface area contributed by atoms with Crippen LogP contribution >= 0.6 is 0 Å². The van der Waals surface area contributed by atoms with Gasteiger partial charge >= 0.3 is 0 Å². The molecule has 6 heteroatoms. The van der Waals surface area contributed by atoms with Crippen molar-refractivity contribution in [1.82, 2.24) is 10.2 Å². The number of carbonyl (C=O) groups is 3. The Hall–Kier alpha value is -2.21. The summed E-state index contributed by atoms with van der Waals surface area (Å²) in [5, 5.41) is 2.80. The Kier molecular flexibility index (Phi) is 5.50. The molecule has 1 aromatic rings. The number of carbonyl (C=O) groups excluding carboxylic acids is 3.